The van der Waals surface area contributed by atoms with Crippen LogP contribution in [0.4, 0.5) is 0 Å². The predicted octanol–water partition coefficient (Wildman–Crippen LogP) is 3.80. The maximum absolute atomic E-state index is 12.4. The van der Waals surface area contributed by atoms with Crippen LogP contribution in [-0.4, -0.2) is 54.5 Å². The third-order valence-corrected chi connectivity index (χ3v) is 5.70. The summed E-state index contributed by atoms with van der Waals surface area (Å²) in [4.78, 5) is 25.8. The average molecular weight is 503 g/mol. The van der Waals surface area contributed by atoms with Gasteiger partial charge in [0.05, 0.1) is 16.7 Å². The normalized spacial score (nSPS) is 12.0. The molecule has 0 heterocycles. The van der Waals surface area contributed by atoms with Gasteiger partial charge in [-0.15, -0.1) is 0 Å². The molecule has 7 nitrogen and oxygen atoms in total. The molecule has 0 aliphatic rings. The number of carbonyl (C=O) groups is 2. The maximum atomic E-state index is 12.4. The first-order valence-corrected chi connectivity index (χ1v) is 11.3. The van der Waals surface area contributed by atoms with Crippen LogP contribution in [0, 0.1) is 11.3 Å². The summed E-state index contributed by atoms with van der Waals surface area (Å²) < 4.78 is 5.65. The molecule has 2 rings (SSSR count). The minimum atomic E-state index is -1.63. The highest BCUT2D eigenvalue weighted by Gasteiger charge is 2.26. The molecule has 2 aromatic carbocycles. The molecular formula is C24H25BCl2N2O5. The predicted molar refractivity (Wildman–Crippen MR) is 133 cm³/mol. The number of Topliss-reactive ketones (excluding diaryl/α,β-unsaturated/α-hetero) is 1. The molecule has 0 aromatic heterocycles. The van der Waals surface area contributed by atoms with Crippen LogP contribution in [-0.2, 0) is 16.0 Å². The standard InChI is InChI=1S/C24H25BCl2N2O5/c1-29(2)24(31)18(15-28)13-17-8-9-21(26)23(22(17)27)34-11-10-20(30)14-19(25(32)33)12-16-6-4-3-5-7-16/h3-9,13,19,32-33H,10-12,14H2,1-2H3/t19-/m1/s1. The van der Waals surface area contributed by atoms with E-state index in [-0.39, 0.29) is 46.6 Å². The van der Waals surface area contributed by atoms with Gasteiger partial charge in [-0.2, -0.15) is 5.26 Å². The van der Waals surface area contributed by atoms with Crippen LogP contribution < -0.4 is 4.74 Å². The Labute approximate surface area is 209 Å². The highest BCUT2D eigenvalue weighted by Crippen LogP contribution is 2.37. The van der Waals surface area contributed by atoms with Gasteiger partial charge >= 0.3 is 7.12 Å². The van der Waals surface area contributed by atoms with Crippen LogP contribution in [0.15, 0.2) is 48.0 Å². The summed E-state index contributed by atoms with van der Waals surface area (Å²) in [5.74, 6) is -1.20. The first-order valence-electron chi connectivity index (χ1n) is 10.5. The van der Waals surface area contributed by atoms with Crippen molar-refractivity contribution in [3.05, 3.63) is 69.2 Å². The van der Waals surface area contributed by atoms with Gasteiger partial charge in [0.1, 0.15) is 17.4 Å². The van der Waals surface area contributed by atoms with Crippen LogP contribution >= 0.6 is 23.2 Å². The molecule has 0 saturated heterocycles. The third kappa shape index (κ3) is 7.89. The first-order chi connectivity index (χ1) is 16.1. The lowest BCUT2D eigenvalue weighted by atomic mass is 9.67. The summed E-state index contributed by atoms with van der Waals surface area (Å²) in [6.45, 7) is -0.0350. The molecule has 0 aliphatic heterocycles. The third-order valence-electron chi connectivity index (χ3n) is 5.02. The van der Waals surface area contributed by atoms with Gasteiger partial charge in [-0.3, -0.25) is 9.59 Å². The van der Waals surface area contributed by atoms with E-state index in [1.807, 2.05) is 36.4 Å². The molecule has 0 bridgehead atoms. The van der Waals surface area contributed by atoms with Crippen molar-refractivity contribution in [1.29, 1.82) is 5.26 Å². The van der Waals surface area contributed by atoms with E-state index >= 15 is 0 Å². The molecule has 0 spiro atoms. The SMILES string of the molecule is CN(C)C(=O)C(C#N)=Cc1ccc(Cl)c(OCCC(=O)C[C@@H](Cc2ccccc2)B(O)O)c1Cl. The molecule has 2 N–H and O–H groups in total. The maximum Gasteiger partial charge on any atom is 0.455 e. The molecular weight excluding hydrogens is 478 g/mol. The van der Waals surface area contributed by atoms with Crippen molar-refractivity contribution in [2.75, 3.05) is 20.7 Å². The number of carbonyl (C=O) groups excluding carboxylic acids is 2. The quantitative estimate of drug-likeness (QED) is 0.274. The van der Waals surface area contributed by atoms with Crippen LogP contribution in [0.25, 0.3) is 6.08 Å². The van der Waals surface area contributed by atoms with Gasteiger partial charge in [-0.1, -0.05) is 59.6 Å². The Morgan fingerprint density at radius 3 is 2.44 bits per heavy atom. The Hall–Kier alpha value is -2.83. The molecule has 0 unspecified atom stereocenters. The second kappa shape index (κ2) is 13.2. The second-order valence-corrected chi connectivity index (χ2v) is 8.64. The fraction of sp³-hybridized carbons (Fsp3) is 0.292. The summed E-state index contributed by atoms with van der Waals surface area (Å²) in [6, 6.07) is 14.2. The number of likely N-dealkylation sites (N-methyl/N-ethyl adjacent to an activating group) is 1. The van der Waals surface area contributed by atoms with Gasteiger partial charge in [0.15, 0.2) is 5.75 Å². The number of ketones is 1. The topological polar surface area (TPSA) is 111 Å². The number of ether oxygens (including phenoxy) is 1. The van der Waals surface area contributed by atoms with Gasteiger partial charge in [0.25, 0.3) is 5.91 Å². The molecule has 0 saturated carbocycles. The van der Waals surface area contributed by atoms with E-state index in [0.29, 0.717) is 12.0 Å². The lowest BCUT2D eigenvalue weighted by Gasteiger charge is -2.16. The van der Waals surface area contributed by atoms with Crippen molar-refractivity contribution in [2.45, 2.75) is 25.1 Å². The van der Waals surface area contributed by atoms with Gasteiger partial charge in [0, 0.05) is 32.8 Å². The van der Waals surface area contributed by atoms with Crippen LogP contribution in [0.3, 0.4) is 0 Å². The minimum absolute atomic E-state index is 0.00724. The van der Waals surface area contributed by atoms with Gasteiger partial charge in [-0.05, 0) is 29.7 Å². The zero-order valence-electron chi connectivity index (χ0n) is 18.9. The Morgan fingerprint density at radius 1 is 1.18 bits per heavy atom. The van der Waals surface area contributed by atoms with E-state index in [0.717, 1.165) is 5.56 Å². The van der Waals surface area contributed by atoms with E-state index in [1.165, 1.54) is 31.1 Å². The summed E-state index contributed by atoms with van der Waals surface area (Å²) in [6.07, 6.45) is 1.67. The number of hydrogen-bond donors (Lipinski definition) is 2. The highest BCUT2D eigenvalue weighted by molar-refractivity contribution is 6.43. The number of amides is 1. The molecule has 0 aliphatic carbocycles. The average Bonchev–Trinajstić information content (AvgIpc) is 2.80. The van der Waals surface area contributed by atoms with Crippen LogP contribution in [0.5, 0.6) is 5.75 Å². The molecule has 1 atom stereocenters. The number of hydrogen-bond acceptors (Lipinski definition) is 6. The Morgan fingerprint density at radius 2 is 1.85 bits per heavy atom. The fourth-order valence-electron chi connectivity index (χ4n) is 3.19. The van der Waals surface area contributed by atoms with Gasteiger partial charge in [-0.25, -0.2) is 0 Å². The monoisotopic (exact) mass is 502 g/mol. The lowest BCUT2D eigenvalue weighted by molar-refractivity contribution is -0.124. The van der Waals surface area contributed by atoms with Crippen molar-refractivity contribution >= 4 is 48.1 Å². The van der Waals surface area contributed by atoms with E-state index in [9.17, 15) is 24.9 Å². The van der Waals surface area contributed by atoms with Crippen molar-refractivity contribution in [3.8, 4) is 11.8 Å². The molecule has 10 heteroatoms. The van der Waals surface area contributed by atoms with Gasteiger partial charge < -0.3 is 19.7 Å². The Bertz CT molecular complexity index is 1080. The van der Waals surface area contributed by atoms with E-state index in [1.54, 1.807) is 6.07 Å². The zero-order valence-corrected chi connectivity index (χ0v) is 20.4. The summed E-state index contributed by atoms with van der Waals surface area (Å²) in [7, 11) is 1.43. The van der Waals surface area contributed by atoms with Crippen LogP contribution in [0.2, 0.25) is 15.9 Å². The number of nitriles is 1. The molecule has 0 radical (unpaired) electrons. The van der Waals surface area contributed by atoms with Gasteiger partial charge in [0.2, 0.25) is 0 Å². The smallest absolute Gasteiger partial charge is 0.455 e. The Kier molecular flexibility index (Phi) is 10.6. The summed E-state index contributed by atoms with van der Waals surface area (Å²) in [5.41, 5.74) is 1.16. The highest BCUT2D eigenvalue weighted by atomic mass is 35.5. The van der Waals surface area contributed by atoms with E-state index in [2.05, 4.69) is 0 Å². The number of halogens is 2. The van der Waals surface area contributed by atoms with Crippen molar-refractivity contribution in [2.24, 2.45) is 0 Å². The first kappa shape index (κ1) is 27.4. The molecule has 34 heavy (non-hydrogen) atoms. The van der Waals surface area contributed by atoms with E-state index in [4.69, 9.17) is 27.9 Å². The fourth-order valence-corrected chi connectivity index (χ4v) is 3.73. The van der Waals surface area contributed by atoms with Crippen molar-refractivity contribution in [3.63, 3.8) is 0 Å². The summed E-state index contributed by atoms with van der Waals surface area (Å²) in [5, 5.41) is 29.0. The number of nitrogens with zero attached hydrogens (tertiary/aromatic N) is 2. The molecule has 1 amide bonds. The number of benzene rings is 2. The minimum Gasteiger partial charge on any atom is -0.490 e. The molecule has 0 fully saturated rings. The lowest BCUT2D eigenvalue weighted by Crippen LogP contribution is -2.25. The molecule has 178 valence electrons. The largest absolute Gasteiger partial charge is 0.490 e. The van der Waals surface area contributed by atoms with Crippen molar-refractivity contribution in [1.82, 2.24) is 4.90 Å². The van der Waals surface area contributed by atoms with Crippen LogP contribution in [0.1, 0.15) is 24.0 Å². The molecule has 2 aromatic rings. The summed E-state index contributed by atoms with van der Waals surface area (Å²) >= 11 is 12.6. The number of rotatable bonds is 11. The Balaban J connectivity index is 2.05. The van der Waals surface area contributed by atoms with Crippen molar-refractivity contribution < 1.29 is 24.4 Å². The second-order valence-electron chi connectivity index (χ2n) is 7.85. The zero-order chi connectivity index (χ0) is 25.3. The van der Waals surface area contributed by atoms with E-state index < -0.39 is 18.8 Å².